The highest BCUT2D eigenvalue weighted by Crippen LogP contribution is 2.74. The first-order valence-corrected chi connectivity index (χ1v) is 11.6. The second-order valence-corrected chi connectivity index (χ2v) is 11.6. The van der Waals surface area contributed by atoms with Gasteiger partial charge in [0.05, 0.1) is 37.4 Å². The Balaban J connectivity index is 1.50. The molecule has 6 rings (SSSR count). The number of rotatable bonds is 1. The summed E-state index contributed by atoms with van der Waals surface area (Å²) in [5, 5.41) is 23.2. The third-order valence-corrected chi connectivity index (χ3v) is 10.4. The van der Waals surface area contributed by atoms with Crippen LogP contribution in [0.2, 0.25) is 0 Å². The molecule has 1 aliphatic heterocycles. The smallest absolute Gasteiger partial charge is 0.0937 e. The first-order valence-electron chi connectivity index (χ1n) is 11.6. The van der Waals surface area contributed by atoms with Crippen LogP contribution in [-0.4, -0.2) is 35.1 Å². The lowest BCUT2D eigenvalue weighted by Crippen LogP contribution is -2.69. The van der Waals surface area contributed by atoms with E-state index in [9.17, 15) is 10.2 Å². The Morgan fingerprint density at radius 1 is 1.13 bits per heavy atom. The Hall–Kier alpha value is -1.36. The summed E-state index contributed by atoms with van der Waals surface area (Å²) in [7, 11) is 0. The van der Waals surface area contributed by atoms with Gasteiger partial charge in [0.25, 0.3) is 0 Å². The fourth-order valence-corrected chi connectivity index (χ4v) is 9.09. The van der Waals surface area contributed by atoms with Crippen molar-refractivity contribution in [3.8, 4) is 0 Å². The molecule has 2 N–H and O–H groups in total. The van der Waals surface area contributed by atoms with E-state index in [1.165, 1.54) is 11.1 Å². The summed E-state index contributed by atoms with van der Waals surface area (Å²) in [6, 6.07) is 2.09. The van der Waals surface area contributed by atoms with Crippen LogP contribution in [0.4, 0.5) is 0 Å². The molecule has 1 unspecified atom stereocenters. The van der Waals surface area contributed by atoms with Gasteiger partial charge in [0, 0.05) is 22.2 Å². The van der Waals surface area contributed by atoms with Gasteiger partial charge in [-0.05, 0) is 48.1 Å². The standard InChI is InChI=1S/C26H34O4/c1-23-10-8-19(27)26(4)18-7-11-24(2)16(15-9-12-29-13-15)5-6-17(24)25(18,3)22(28)20(21(23)26)30-14-23/h6,8-10,12-13,16,18-22,27-28H,5,7,11,14H2,1-4H3/t16-,18-,19?,20+,21-,22+,23-,24-,25-,26-/m0/s1. The van der Waals surface area contributed by atoms with E-state index in [1.54, 1.807) is 6.26 Å². The number of fused-ring (bicyclic) bond motifs is 4. The second-order valence-electron chi connectivity index (χ2n) is 11.6. The van der Waals surface area contributed by atoms with Gasteiger partial charge in [0.1, 0.15) is 0 Å². The zero-order valence-electron chi connectivity index (χ0n) is 18.5. The van der Waals surface area contributed by atoms with E-state index in [0.29, 0.717) is 12.5 Å². The van der Waals surface area contributed by atoms with Crippen molar-refractivity contribution in [2.45, 2.75) is 71.2 Å². The molecule has 2 heterocycles. The first kappa shape index (κ1) is 19.3. The van der Waals surface area contributed by atoms with E-state index >= 15 is 0 Å². The molecule has 3 fully saturated rings. The molecule has 0 spiro atoms. The largest absolute Gasteiger partial charge is 0.472 e. The summed E-state index contributed by atoms with van der Waals surface area (Å²) in [6.45, 7) is 9.77. The fourth-order valence-electron chi connectivity index (χ4n) is 9.09. The number of aliphatic hydroxyl groups is 2. The summed E-state index contributed by atoms with van der Waals surface area (Å²) >= 11 is 0. The minimum Gasteiger partial charge on any atom is -0.472 e. The van der Waals surface area contributed by atoms with Gasteiger partial charge in [-0.3, -0.25) is 0 Å². The van der Waals surface area contributed by atoms with Crippen molar-refractivity contribution >= 4 is 0 Å². The van der Waals surface area contributed by atoms with Crippen LogP contribution in [0.1, 0.15) is 58.4 Å². The van der Waals surface area contributed by atoms with Crippen molar-refractivity contribution in [1.82, 2.24) is 0 Å². The molecule has 30 heavy (non-hydrogen) atoms. The molecule has 1 aromatic rings. The van der Waals surface area contributed by atoms with Gasteiger partial charge in [0.2, 0.25) is 0 Å². The number of hydrogen-bond acceptors (Lipinski definition) is 4. The molecule has 0 amide bonds. The topological polar surface area (TPSA) is 62.8 Å². The highest BCUT2D eigenvalue weighted by molar-refractivity contribution is 5.42. The van der Waals surface area contributed by atoms with Crippen LogP contribution in [0.5, 0.6) is 0 Å². The van der Waals surface area contributed by atoms with Gasteiger partial charge < -0.3 is 19.4 Å². The van der Waals surface area contributed by atoms with Crippen LogP contribution in [0.25, 0.3) is 0 Å². The van der Waals surface area contributed by atoms with Crippen LogP contribution >= 0.6 is 0 Å². The van der Waals surface area contributed by atoms with Crippen molar-refractivity contribution in [3.63, 3.8) is 0 Å². The molecule has 4 heteroatoms. The molecule has 10 atom stereocenters. The summed E-state index contributed by atoms with van der Waals surface area (Å²) < 4.78 is 11.8. The Kier molecular flexibility index (Phi) is 3.68. The van der Waals surface area contributed by atoms with E-state index in [2.05, 4.69) is 45.9 Å². The molecule has 0 bridgehead atoms. The summed E-state index contributed by atoms with van der Waals surface area (Å²) in [6.07, 6.45) is 12.0. The summed E-state index contributed by atoms with van der Waals surface area (Å²) in [4.78, 5) is 0. The molecule has 4 aliphatic carbocycles. The normalized spacial score (nSPS) is 56.3. The predicted octanol–water partition coefficient (Wildman–Crippen LogP) is 4.45. The van der Waals surface area contributed by atoms with Gasteiger partial charge in [-0.15, -0.1) is 0 Å². The Bertz CT molecular complexity index is 933. The van der Waals surface area contributed by atoms with Crippen LogP contribution < -0.4 is 0 Å². The second kappa shape index (κ2) is 5.70. The molecule has 1 aromatic heterocycles. The highest BCUT2D eigenvalue weighted by Gasteiger charge is 2.73. The lowest BCUT2D eigenvalue weighted by atomic mass is 9.37. The van der Waals surface area contributed by atoms with Gasteiger partial charge in [-0.25, -0.2) is 0 Å². The van der Waals surface area contributed by atoms with Crippen molar-refractivity contribution in [1.29, 1.82) is 0 Å². The van der Waals surface area contributed by atoms with Crippen LogP contribution in [0, 0.1) is 33.5 Å². The number of furan rings is 1. The minimum atomic E-state index is -0.560. The van der Waals surface area contributed by atoms with E-state index in [1.807, 2.05) is 12.3 Å². The molecule has 0 radical (unpaired) electrons. The van der Waals surface area contributed by atoms with E-state index < -0.39 is 17.6 Å². The number of allylic oxidation sites excluding steroid dienone is 1. The quantitative estimate of drug-likeness (QED) is 0.672. The van der Waals surface area contributed by atoms with Gasteiger partial charge >= 0.3 is 0 Å². The molecule has 1 saturated heterocycles. The monoisotopic (exact) mass is 410 g/mol. The highest BCUT2D eigenvalue weighted by atomic mass is 16.5. The zero-order chi connectivity index (χ0) is 21.1. The zero-order valence-corrected chi connectivity index (χ0v) is 18.5. The minimum absolute atomic E-state index is 0.00331. The lowest BCUT2D eigenvalue weighted by molar-refractivity contribution is -0.221. The predicted molar refractivity (Wildman–Crippen MR) is 114 cm³/mol. The molecular weight excluding hydrogens is 376 g/mol. The van der Waals surface area contributed by atoms with E-state index in [-0.39, 0.29) is 34.2 Å². The molecule has 0 aromatic carbocycles. The number of ether oxygens (including phenoxy) is 1. The van der Waals surface area contributed by atoms with E-state index in [4.69, 9.17) is 9.15 Å². The van der Waals surface area contributed by atoms with Crippen molar-refractivity contribution < 1.29 is 19.4 Å². The number of aliphatic hydroxyl groups excluding tert-OH is 2. The third-order valence-electron chi connectivity index (χ3n) is 10.4. The maximum Gasteiger partial charge on any atom is 0.0937 e. The maximum atomic E-state index is 11.9. The van der Waals surface area contributed by atoms with Crippen LogP contribution in [0.3, 0.4) is 0 Å². The first-order chi connectivity index (χ1) is 14.2. The van der Waals surface area contributed by atoms with Gasteiger partial charge in [0.15, 0.2) is 0 Å². The summed E-state index contributed by atoms with van der Waals surface area (Å²) in [5.41, 5.74) is 1.80. The molecule has 5 aliphatic rings. The summed E-state index contributed by atoms with van der Waals surface area (Å²) in [5.74, 6) is 0.728. The SMILES string of the molecule is C[C@]12C3=CC[C@@H](c4ccoc4)[C@]3(C)CC[C@@H]1[C@@]1(C)C(O)C=C[C@@]3(C)CO[C@@H]([C@H]2O)[C@H]13. The van der Waals surface area contributed by atoms with Crippen LogP contribution in [-0.2, 0) is 4.74 Å². The molecule has 2 saturated carbocycles. The average Bonchev–Trinajstić information content (AvgIpc) is 3.41. The van der Waals surface area contributed by atoms with Crippen molar-refractivity contribution in [3.05, 3.63) is 48.0 Å². The maximum absolute atomic E-state index is 11.9. The number of hydrogen-bond donors (Lipinski definition) is 2. The molecule has 4 nitrogen and oxygen atoms in total. The lowest BCUT2D eigenvalue weighted by Gasteiger charge is -2.67. The Morgan fingerprint density at radius 3 is 2.67 bits per heavy atom. The van der Waals surface area contributed by atoms with Gasteiger partial charge in [-0.1, -0.05) is 51.5 Å². The average molecular weight is 411 g/mol. The Labute approximate surface area is 179 Å². The third kappa shape index (κ3) is 1.96. The van der Waals surface area contributed by atoms with E-state index in [0.717, 1.165) is 19.3 Å². The van der Waals surface area contributed by atoms with Crippen LogP contribution in [0.15, 0.2) is 46.8 Å². The fraction of sp³-hybridized carbons (Fsp3) is 0.692. The van der Waals surface area contributed by atoms with Crippen molar-refractivity contribution in [2.24, 2.45) is 33.5 Å². The molecule has 162 valence electrons. The van der Waals surface area contributed by atoms with Gasteiger partial charge in [-0.2, -0.15) is 0 Å². The van der Waals surface area contributed by atoms with Crippen molar-refractivity contribution in [2.75, 3.05) is 6.61 Å². The Morgan fingerprint density at radius 2 is 1.93 bits per heavy atom. The molecular formula is C26H34O4.